The molecule has 4 rings (SSSR count). The van der Waals surface area contributed by atoms with E-state index in [4.69, 9.17) is 0 Å². The van der Waals surface area contributed by atoms with Crippen LogP contribution in [-0.4, -0.2) is 19.9 Å². The Morgan fingerprint density at radius 1 is 0.889 bits per heavy atom. The van der Waals surface area contributed by atoms with Crippen LogP contribution < -0.4 is 4.31 Å². The molecule has 0 amide bonds. The van der Waals surface area contributed by atoms with Gasteiger partial charge in [0.05, 0.1) is 10.6 Å². The van der Waals surface area contributed by atoms with Crippen LogP contribution in [0.4, 0.5) is 5.69 Å². The first kappa shape index (κ1) is 17.7. The third kappa shape index (κ3) is 3.02. The first-order valence-electron chi connectivity index (χ1n) is 9.02. The van der Waals surface area contributed by atoms with Gasteiger partial charge in [0, 0.05) is 18.9 Å². The summed E-state index contributed by atoms with van der Waals surface area (Å²) in [6.45, 7) is 6.21. The molecule has 0 spiro atoms. The van der Waals surface area contributed by atoms with Crippen LogP contribution in [0, 0.1) is 20.8 Å². The summed E-state index contributed by atoms with van der Waals surface area (Å²) in [5.41, 5.74) is 6.69. The summed E-state index contributed by atoms with van der Waals surface area (Å²) in [6, 6.07) is 13.8. The Labute approximate surface area is 160 Å². The first-order chi connectivity index (χ1) is 12.9. The van der Waals surface area contributed by atoms with E-state index in [1.807, 2.05) is 57.2 Å². The molecule has 1 aliphatic heterocycles. The Morgan fingerprint density at radius 2 is 1.56 bits per heavy atom. The second-order valence-corrected chi connectivity index (χ2v) is 8.93. The average Bonchev–Trinajstić information content (AvgIpc) is 3.05. The van der Waals surface area contributed by atoms with Gasteiger partial charge in [-0.1, -0.05) is 23.8 Å². The molecule has 0 atom stereocenters. The summed E-state index contributed by atoms with van der Waals surface area (Å²) in [5.74, 6) is 0. The highest BCUT2D eigenvalue weighted by molar-refractivity contribution is 7.93. The van der Waals surface area contributed by atoms with E-state index in [0.29, 0.717) is 11.4 Å². The number of hydrogen-bond donors (Lipinski definition) is 0. The molecule has 1 aliphatic rings. The molecule has 1 aromatic heterocycles. The van der Waals surface area contributed by atoms with Crippen LogP contribution in [0.3, 0.4) is 0 Å². The standard InChI is InChI=1S/C22H22N2O2S/c1-15-12-16(2)22(17(3)13-15)27(25,26)24-11-8-20-14-19(4-5-21(20)24)18-6-9-23-10-7-18/h4-7,9-10,12-14H,8,11H2,1-3H3. The fourth-order valence-electron chi connectivity index (χ4n) is 4.03. The summed E-state index contributed by atoms with van der Waals surface area (Å²) < 4.78 is 28.4. The number of hydrogen-bond acceptors (Lipinski definition) is 3. The summed E-state index contributed by atoms with van der Waals surface area (Å²) in [5, 5.41) is 0. The summed E-state index contributed by atoms with van der Waals surface area (Å²) in [6.07, 6.45) is 4.25. The van der Waals surface area contributed by atoms with E-state index in [-0.39, 0.29) is 0 Å². The summed E-state index contributed by atoms with van der Waals surface area (Å²) in [7, 11) is -3.58. The van der Waals surface area contributed by atoms with Crippen LogP contribution in [0.15, 0.2) is 59.8 Å². The molecule has 0 fully saturated rings. The highest BCUT2D eigenvalue weighted by atomic mass is 32.2. The van der Waals surface area contributed by atoms with Crippen molar-refractivity contribution in [1.29, 1.82) is 0 Å². The van der Waals surface area contributed by atoms with E-state index in [2.05, 4.69) is 11.1 Å². The van der Waals surface area contributed by atoms with Crippen molar-refractivity contribution in [3.05, 3.63) is 77.1 Å². The van der Waals surface area contributed by atoms with Gasteiger partial charge in [-0.25, -0.2) is 8.42 Å². The minimum absolute atomic E-state index is 0.430. The van der Waals surface area contributed by atoms with E-state index in [0.717, 1.165) is 45.5 Å². The smallest absolute Gasteiger partial charge is 0.264 e. The van der Waals surface area contributed by atoms with Crippen molar-refractivity contribution in [1.82, 2.24) is 4.98 Å². The molecule has 3 aromatic rings. The molecule has 138 valence electrons. The van der Waals surface area contributed by atoms with Crippen molar-refractivity contribution < 1.29 is 8.42 Å². The number of pyridine rings is 1. The molecule has 0 radical (unpaired) electrons. The third-order valence-corrected chi connectivity index (χ3v) is 7.22. The van der Waals surface area contributed by atoms with E-state index in [1.54, 1.807) is 16.7 Å². The molecule has 0 unspecified atom stereocenters. The van der Waals surface area contributed by atoms with Gasteiger partial charge in [-0.15, -0.1) is 0 Å². The highest BCUT2D eigenvalue weighted by Crippen LogP contribution is 2.37. The first-order valence-corrected chi connectivity index (χ1v) is 10.5. The minimum Gasteiger partial charge on any atom is -0.266 e. The lowest BCUT2D eigenvalue weighted by Crippen LogP contribution is -2.30. The van der Waals surface area contributed by atoms with E-state index < -0.39 is 10.0 Å². The minimum atomic E-state index is -3.58. The Balaban J connectivity index is 1.77. The zero-order chi connectivity index (χ0) is 19.2. The van der Waals surface area contributed by atoms with Gasteiger partial charge in [-0.3, -0.25) is 9.29 Å². The molecule has 0 saturated heterocycles. The lowest BCUT2D eigenvalue weighted by molar-refractivity contribution is 0.591. The van der Waals surface area contributed by atoms with Crippen molar-refractivity contribution in [2.24, 2.45) is 0 Å². The van der Waals surface area contributed by atoms with Crippen LogP contribution in [0.25, 0.3) is 11.1 Å². The van der Waals surface area contributed by atoms with Gasteiger partial charge in [0.1, 0.15) is 0 Å². The Morgan fingerprint density at radius 3 is 2.22 bits per heavy atom. The predicted octanol–water partition coefficient (Wildman–Crippen LogP) is 4.43. The summed E-state index contributed by atoms with van der Waals surface area (Å²) in [4.78, 5) is 4.49. The molecule has 0 saturated carbocycles. The topological polar surface area (TPSA) is 50.3 Å². The van der Waals surface area contributed by atoms with Gasteiger partial charge in [-0.05, 0) is 79.3 Å². The van der Waals surface area contributed by atoms with Crippen LogP contribution in [0.2, 0.25) is 0 Å². The highest BCUT2D eigenvalue weighted by Gasteiger charge is 2.33. The molecule has 5 heteroatoms. The van der Waals surface area contributed by atoms with Crippen molar-refractivity contribution in [3.63, 3.8) is 0 Å². The van der Waals surface area contributed by atoms with Crippen LogP contribution in [-0.2, 0) is 16.4 Å². The molecular weight excluding hydrogens is 356 g/mol. The number of aromatic nitrogens is 1. The van der Waals surface area contributed by atoms with Gasteiger partial charge < -0.3 is 0 Å². The molecular formula is C22H22N2O2S. The average molecular weight is 378 g/mol. The quantitative estimate of drug-likeness (QED) is 0.678. The lowest BCUT2D eigenvalue weighted by atomic mass is 10.0. The maximum atomic E-state index is 13.4. The van der Waals surface area contributed by atoms with E-state index in [1.165, 1.54) is 0 Å². The van der Waals surface area contributed by atoms with Crippen molar-refractivity contribution >= 4 is 15.7 Å². The monoisotopic (exact) mass is 378 g/mol. The molecule has 2 heterocycles. The third-order valence-electron chi connectivity index (χ3n) is 5.10. The normalized spacial score (nSPS) is 13.7. The predicted molar refractivity (Wildman–Crippen MR) is 109 cm³/mol. The number of nitrogens with zero attached hydrogens (tertiary/aromatic N) is 2. The van der Waals surface area contributed by atoms with Crippen LogP contribution in [0.1, 0.15) is 22.3 Å². The number of sulfonamides is 1. The number of aryl methyl sites for hydroxylation is 3. The van der Waals surface area contributed by atoms with Crippen LogP contribution in [0.5, 0.6) is 0 Å². The Kier molecular flexibility index (Phi) is 4.27. The Hall–Kier alpha value is -2.66. The fourth-order valence-corrected chi connectivity index (χ4v) is 5.95. The number of fused-ring (bicyclic) bond motifs is 1. The van der Waals surface area contributed by atoms with E-state index >= 15 is 0 Å². The second kappa shape index (κ2) is 6.50. The molecule has 4 nitrogen and oxygen atoms in total. The molecule has 0 bridgehead atoms. The number of anilines is 1. The molecule has 27 heavy (non-hydrogen) atoms. The SMILES string of the molecule is Cc1cc(C)c(S(=O)(=O)N2CCc3cc(-c4ccncc4)ccc32)c(C)c1. The van der Waals surface area contributed by atoms with Gasteiger partial charge in [0.25, 0.3) is 10.0 Å². The molecule has 0 N–H and O–H groups in total. The second-order valence-electron chi connectivity index (χ2n) is 7.13. The maximum absolute atomic E-state index is 13.4. The van der Waals surface area contributed by atoms with Crippen LogP contribution >= 0.6 is 0 Å². The van der Waals surface area contributed by atoms with Gasteiger partial charge in [-0.2, -0.15) is 0 Å². The van der Waals surface area contributed by atoms with Crippen molar-refractivity contribution in [3.8, 4) is 11.1 Å². The zero-order valence-corrected chi connectivity index (χ0v) is 16.5. The van der Waals surface area contributed by atoms with Crippen molar-refractivity contribution in [2.75, 3.05) is 10.8 Å². The zero-order valence-electron chi connectivity index (χ0n) is 15.7. The van der Waals surface area contributed by atoms with Gasteiger partial charge >= 0.3 is 0 Å². The lowest BCUT2D eigenvalue weighted by Gasteiger charge is -2.22. The van der Waals surface area contributed by atoms with Gasteiger partial charge in [0.2, 0.25) is 0 Å². The molecule has 2 aromatic carbocycles. The number of benzene rings is 2. The maximum Gasteiger partial charge on any atom is 0.264 e. The largest absolute Gasteiger partial charge is 0.266 e. The summed E-state index contributed by atoms with van der Waals surface area (Å²) >= 11 is 0. The van der Waals surface area contributed by atoms with E-state index in [9.17, 15) is 8.42 Å². The van der Waals surface area contributed by atoms with Crippen molar-refractivity contribution in [2.45, 2.75) is 32.1 Å². The molecule has 0 aliphatic carbocycles. The van der Waals surface area contributed by atoms with Gasteiger partial charge in [0.15, 0.2) is 0 Å². The number of rotatable bonds is 3. The Bertz CT molecular complexity index is 1100. The fraction of sp³-hybridized carbons (Fsp3) is 0.227.